The summed E-state index contributed by atoms with van der Waals surface area (Å²) in [4.78, 5) is 24.6. The molecule has 0 saturated carbocycles. The van der Waals surface area contributed by atoms with Gasteiger partial charge in [0, 0.05) is 30.9 Å². The normalized spacial score (nSPS) is 14.9. The number of ether oxygens (including phenoxy) is 2. The first-order chi connectivity index (χ1) is 9.61. The predicted octanol–water partition coefficient (Wildman–Crippen LogP) is 1.50. The Morgan fingerprint density at radius 2 is 2.10 bits per heavy atom. The summed E-state index contributed by atoms with van der Waals surface area (Å²) in [6.45, 7) is 4.44. The molecule has 0 radical (unpaired) electrons. The molecule has 1 fully saturated rings. The van der Waals surface area contributed by atoms with Crippen LogP contribution in [-0.2, 0) is 9.47 Å². The summed E-state index contributed by atoms with van der Waals surface area (Å²) >= 11 is 0. The highest BCUT2D eigenvalue weighted by atomic mass is 16.6. The summed E-state index contributed by atoms with van der Waals surface area (Å²) < 4.78 is 10.2. The van der Waals surface area contributed by atoms with Crippen LogP contribution >= 0.6 is 0 Å². The maximum absolute atomic E-state index is 11.8. The fourth-order valence-electron chi connectivity index (χ4n) is 2.04. The molecule has 0 aromatic heterocycles. The van der Waals surface area contributed by atoms with E-state index in [1.54, 1.807) is 13.0 Å². The van der Waals surface area contributed by atoms with Crippen molar-refractivity contribution in [2.24, 2.45) is 0 Å². The first-order valence-corrected chi connectivity index (χ1v) is 6.43. The lowest BCUT2D eigenvalue weighted by Crippen LogP contribution is -2.36. The topological polar surface area (TPSA) is 79.1 Å². The Labute approximate surface area is 116 Å². The first-order valence-electron chi connectivity index (χ1n) is 6.43. The van der Waals surface area contributed by atoms with E-state index in [-0.39, 0.29) is 22.8 Å². The standard InChI is InChI=1S/C13H17N2O5/c1-2-20-13(16)10-7-11(9-12(8-10)15(17)18)14-3-5-19-6-4-14/h7-9H,2-6H2,1H3,(H,17,18)/q+1. The molecule has 0 bridgehead atoms. The molecule has 2 rings (SSSR count). The highest BCUT2D eigenvalue weighted by Gasteiger charge is 2.21. The van der Waals surface area contributed by atoms with Crippen molar-refractivity contribution in [2.75, 3.05) is 37.8 Å². The number of hydrogen-bond acceptors (Lipinski definition) is 5. The SMILES string of the molecule is CCOC(=O)c1cc(N2CCOCC2)cc([N+](=O)O)c1. The van der Waals surface area contributed by atoms with Crippen LogP contribution in [0.3, 0.4) is 0 Å². The van der Waals surface area contributed by atoms with Gasteiger partial charge in [0.25, 0.3) is 4.92 Å². The monoisotopic (exact) mass is 281 g/mol. The minimum atomic E-state index is -0.522. The lowest BCUT2D eigenvalue weighted by Gasteiger charge is -2.28. The number of morpholine rings is 1. The molecule has 7 heteroatoms. The minimum absolute atomic E-state index is 0.00274. The van der Waals surface area contributed by atoms with E-state index in [1.807, 2.05) is 4.90 Å². The van der Waals surface area contributed by atoms with Gasteiger partial charge < -0.3 is 14.4 Å². The summed E-state index contributed by atoms with van der Waals surface area (Å²) in [6.07, 6.45) is 0. The van der Waals surface area contributed by atoms with Crippen LogP contribution in [0.5, 0.6) is 0 Å². The van der Waals surface area contributed by atoms with Crippen molar-refractivity contribution < 1.29 is 24.4 Å². The predicted molar refractivity (Wildman–Crippen MR) is 70.5 cm³/mol. The van der Waals surface area contributed by atoms with E-state index in [9.17, 15) is 9.70 Å². The van der Waals surface area contributed by atoms with Crippen LogP contribution in [-0.4, -0.2) is 49.0 Å². The molecule has 0 spiro atoms. The zero-order valence-corrected chi connectivity index (χ0v) is 11.2. The van der Waals surface area contributed by atoms with Gasteiger partial charge in [-0.3, -0.25) is 0 Å². The summed E-state index contributed by atoms with van der Waals surface area (Å²) in [7, 11) is 0. The molecule has 0 aliphatic carbocycles. The number of hydrogen-bond donors (Lipinski definition) is 1. The molecule has 1 aromatic rings. The van der Waals surface area contributed by atoms with Crippen LogP contribution in [0.1, 0.15) is 17.3 Å². The number of rotatable bonds is 4. The maximum Gasteiger partial charge on any atom is 0.338 e. The molecule has 20 heavy (non-hydrogen) atoms. The second-order valence-electron chi connectivity index (χ2n) is 4.33. The van der Waals surface area contributed by atoms with Gasteiger partial charge in [0.15, 0.2) is 0 Å². The molecule has 1 saturated heterocycles. The van der Waals surface area contributed by atoms with Crippen LogP contribution in [0, 0.1) is 4.91 Å². The van der Waals surface area contributed by atoms with Gasteiger partial charge in [-0.15, -0.1) is 0 Å². The zero-order valence-electron chi connectivity index (χ0n) is 11.2. The van der Waals surface area contributed by atoms with Gasteiger partial charge in [-0.25, -0.2) is 10.0 Å². The molecule has 108 valence electrons. The Hall–Kier alpha value is -2.15. The Bertz CT molecular complexity index is 511. The van der Waals surface area contributed by atoms with Crippen molar-refractivity contribution in [2.45, 2.75) is 6.92 Å². The largest absolute Gasteiger partial charge is 0.462 e. The summed E-state index contributed by atoms with van der Waals surface area (Å²) in [6, 6.07) is 4.48. The highest BCUT2D eigenvalue weighted by molar-refractivity contribution is 5.91. The van der Waals surface area contributed by atoms with Crippen molar-refractivity contribution in [1.82, 2.24) is 0 Å². The fourth-order valence-corrected chi connectivity index (χ4v) is 2.04. The van der Waals surface area contributed by atoms with E-state index in [2.05, 4.69) is 0 Å². The third-order valence-corrected chi connectivity index (χ3v) is 3.01. The molecule has 1 heterocycles. The molecule has 0 unspecified atom stereocenters. The minimum Gasteiger partial charge on any atom is -0.462 e. The third-order valence-electron chi connectivity index (χ3n) is 3.01. The van der Waals surface area contributed by atoms with Gasteiger partial charge in [-0.05, 0) is 13.0 Å². The smallest absolute Gasteiger partial charge is 0.338 e. The second-order valence-corrected chi connectivity index (χ2v) is 4.33. The summed E-state index contributed by atoms with van der Waals surface area (Å²) in [5, 5.41) is 9.07. The lowest BCUT2D eigenvalue weighted by atomic mass is 10.1. The van der Waals surface area contributed by atoms with Crippen LogP contribution in [0.2, 0.25) is 0 Å². The fraction of sp³-hybridized carbons (Fsp3) is 0.462. The number of benzene rings is 1. The Morgan fingerprint density at radius 1 is 1.40 bits per heavy atom. The second kappa shape index (κ2) is 6.33. The van der Waals surface area contributed by atoms with Crippen LogP contribution < -0.4 is 4.90 Å². The summed E-state index contributed by atoms with van der Waals surface area (Å²) in [5.74, 6) is -0.522. The maximum atomic E-state index is 11.8. The molecule has 1 aliphatic heterocycles. The van der Waals surface area contributed by atoms with E-state index in [1.165, 1.54) is 12.1 Å². The molecule has 7 nitrogen and oxygen atoms in total. The molecule has 0 amide bonds. The number of carbonyl (C=O) groups is 1. The first kappa shape index (κ1) is 14.3. The lowest BCUT2D eigenvalue weighted by molar-refractivity contribution is -0.729. The molecular weight excluding hydrogens is 264 g/mol. The molecule has 1 N–H and O–H groups in total. The molecule has 1 aliphatic rings. The third kappa shape index (κ3) is 3.24. The average Bonchev–Trinajstić information content (AvgIpc) is 2.48. The van der Waals surface area contributed by atoms with Gasteiger partial charge in [-0.1, -0.05) is 0 Å². The van der Waals surface area contributed by atoms with E-state index < -0.39 is 5.97 Å². The zero-order chi connectivity index (χ0) is 14.5. The van der Waals surface area contributed by atoms with Crippen LogP contribution in [0.4, 0.5) is 11.4 Å². The average molecular weight is 281 g/mol. The van der Waals surface area contributed by atoms with Crippen molar-refractivity contribution in [3.8, 4) is 0 Å². The van der Waals surface area contributed by atoms with Crippen LogP contribution in [0.25, 0.3) is 0 Å². The molecular formula is C13H17N2O5+. The van der Waals surface area contributed by atoms with Crippen molar-refractivity contribution in [1.29, 1.82) is 0 Å². The van der Waals surface area contributed by atoms with E-state index in [4.69, 9.17) is 14.7 Å². The highest BCUT2D eigenvalue weighted by Crippen LogP contribution is 2.25. The number of nitrogens with zero attached hydrogens (tertiary/aromatic N) is 2. The van der Waals surface area contributed by atoms with E-state index >= 15 is 0 Å². The quantitative estimate of drug-likeness (QED) is 0.665. The Kier molecular flexibility index (Phi) is 4.52. The van der Waals surface area contributed by atoms with Crippen molar-refractivity contribution in [3.63, 3.8) is 0 Å². The number of carbonyl (C=O) groups excluding carboxylic acids is 1. The van der Waals surface area contributed by atoms with E-state index in [0.29, 0.717) is 32.0 Å². The number of esters is 1. The van der Waals surface area contributed by atoms with Gasteiger partial charge in [0.2, 0.25) is 0 Å². The van der Waals surface area contributed by atoms with E-state index in [0.717, 1.165) is 0 Å². The van der Waals surface area contributed by atoms with Gasteiger partial charge >= 0.3 is 11.7 Å². The summed E-state index contributed by atoms with van der Waals surface area (Å²) in [5.41, 5.74) is 0.918. The van der Waals surface area contributed by atoms with Crippen molar-refractivity contribution >= 4 is 17.3 Å². The molecule has 0 atom stereocenters. The Morgan fingerprint density at radius 3 is 2.70 bits per heavy atom. The Balaban J connectivity index is 2.34. The van der Waals surface area contributed by atoms with Crippen molar-refractivity contribution in [3.05, 3.63) is 28.7 Å². The van der Waals surface area contributed by atoms with Crippen LogP contribution in [0.15, 0.2) is 18.2 Å². The van der Waals surface area contributed by atoms with Gasteiger partial charge in [0.05, 0.1) is 30.3 Å². The van der Waals surface area contributed by atoms with Gasteiger partial charge in [0.1, 0.15) is 0 Å². The number of anilines is 1. The molecule has 1 aromatic carbocycles. The van der Waals surface area contributed by atoms with Gasteiger partial charge in [-0.2, -0.15) is 0 Å².